The lowest BCUT2D eigenvalue weighted by molar-refractivity contribution is 0.241. The zero-order chi connectivity index (χ0) is 7.40. The van der Waals surface area contributed by atoms with Crippen molar-refractivity contribution in [1.82, 2.24) is 5.32 Å². The van der Waals surface area contributed by atoms with Crippen LogP contribution in [0.1, 0.15) is 39.5 Å². The summed E-state index contributed by atoms with van der Waals surface area (Å²) in [7, 11) is 0. The van der Waals surface area contributed by atoms with Gasteiger partial charge < -0.3 is 5.32 Å². The molecule has 1 aliphatic carbocycles. The molecule has 0 heterocycles. The van der Waals surface area contributed by atoms with Crippen LogP contribution in [0.3, 0.4) is 0 Å². The number of unbranched alkanes of at least 4 members (excludes halogenated alkanes) is 1. The molecule has 0 bridgehead atoms. The van der Waals surface area contributed by atoms with Gasteiger partial charge in [0, 0.05) is 6.04 Å². The number of hydrogen-bond donors (Lipinski definition) is 1. The van der Waals surface area contributed by atoms with E-state index in [-0.39, 0.29) is 0 Å². The van der Waals surface area contributed by atoms with Gasteiger partial charge in [0.25, 0.3) is 0 Å². The van der Waals surface area contributed by atoms with Gasteiger partial charge in [-0.2, -0.15) is 0 Å². The average Bonchev–Trinajstić information content (AvgIpc) is 1.85. The van der Waals surface area contributed by atoms with E-state index in [9.17, 15) is 0 Å². The summed E-state index contributed by atoms with van der Waals surface area (Å²) in [4.78, 5) is 0. The lowest BCUT2D eigenvalue weighted by Gasteiger charge is -2.33. The lowest BCUT2D eigenvalue weighted by Crippen LogP contribution is -2.40. The fourth-order valence-electron chi connectivity index (χ4n) is 1.55. The molecule has 0 aromatic heterocycles. The Morgan fingerprint density at radius 2 is 2.10 bits per heavy atom. The molecule has 0 aliphatic heterocycles. The Labute approximate surface area is 64.2 Å². The Kier molecular flexibility index (Phi) is 3.20. The van der Waals surface area contributed by atoms with Crippen molar-refractivity contribution in [2.75, 3.05) is 6.54 Å². The molecular formula is C9H19N. The Hall–Kier alpha value is -0.0400. The van der Waals surface area contributed by atoms with Gasteiger partial charge in [-0.1, -0.05) is 20.3 Å². The summed E-state index contributed by atoms with van der Waals surface area (Å²) in [6, 6.07) is 0.863. The predicted molar refractivity (Wildman–Crippen MR) is 45.1 cm³/mol. The molecule has 1 N–H and O–H groups in total. The van der Waals surface area contributed by atoms with Crippen molar-refractivity contribution < 1.29 is 0 Å². The van der Waals surface area contributed by atoms with E-state index in [1.54, 1.807) is 0 Å². The molecule has 1 fully saturated rings. The minimum absolute atomic E-state index is 0.863. The number of rotatable bonds is 4. The predicted octanol–water partition coefficient (Wildman–Crippen LogP) is 2.17. The normalized spacial score (nSPS) is 31.8. The zero-order valence-electron chi connectivity index (χ0n) is 7.19. The van der Waals surface area contributed by atoms with Crippen molar-refractivity contribution in [3.63, 3.8) is 0 Å². The van der Waals surface area contributed by atoms with Crippen LogP contribution in [0.15, 0.2) is 0 Å². The maximum Gasteiger partial charge on any atom is 0.00721 e. The standard InChI is InChI=1S/C9H19N/c1-3-4-5-10-9-6-8(2)7-9/h8-10H,3-7H2,1-2H3. The SMILES string of the molecule is CCCCNC1CC(C)C1. The van der Waals surface area contributed by atoms with Gasteiger partial charge in [0.2, 0.25) is 0 Å². The molecular weight excluding hydrogens is 122 g/mol. The highest BCUT2D eigenvalue weighted by Gasteiger charge is 2.23. The molecule has 1 nitrogen and oxygen atoms in total. The van der Waals surface area contributed by atoms with E-state index in [1.165, 1.54) is 32.2 Å². The van der Waals surface area contributed by atoms with Crippen molar-refractivity contribution in [2.45, 2.75) is 45.6 Å². The Balaban J connectivity index is 1.86. The Morgan fingerprint density at radius 1 is 1.40 bits per heavy atom. The summed E-state index contributed by atoms with van der Waals surface area (Å²) in [6.45, 7) is 5.80. The highest BCUT2D eigenvalue weighted by molar-refractivity contribution is 4.81. The van der Waals surface area contributed by atoms with Crippen molar-refractivity contribution >= 4 is 0 Å². The van der Waals surface area contributed by atoms with Crippen LogP contribution in [0, 0.1) is 5.92 Å². The van der Waals surface area contributed by atoms with Crippen LogP contribution >= 0.6 is 0 Å². The lowest BCUT2D eigenvalue weighted by atomic mass is 9.82. The third-order valence-electron chi connectivity index (χ3n) is 2.34. The first-order valence-corrected chi connectivity index (χ1v) is 4.56. The van der Waals surface area contributed by atoms with Gasteiger partial charge in [0.1, 0.15) is 0 Å². The van der Waals surface area contributed by atoms with Crippen molar-refractivity contribution in [3.05, 3.63) is 0 Å². The zero-order valence-corrected chi connectivity index (χ0v) is 7.19. The van der Waals surface area contributed by atoms with Crippen molar-refractivity contribution in [3.8, 4) is 0 Å². The van der Waals surface area contributed by atoms with Crippen LogP contribution in [-0.2, 0) is 0 Å². The van der Waals surface area contributed by atoms with Crippen LogP contribution in [-0.4, -0.2) is 12.6 Å². The topological polar surface area (TPSA) is 12.0 Å². The largest absolute Gasteiger partial charge is 0.314 e. The molecule has 0 unspecified atom stereocenters. The van der Waals surface area contributed by atoms with Crippen molar-refractivity contribution in [2.24, 2.45) is 5.92 Å². The van der Waals surface area contributed by atoms with Crippen LogP contribution in [0.2, 0.25) is 0 Å². The van der Waals surface area contributed by atoms with Crippen LogP contribution < -0.4 is 5.32 Å². The van der Waals surface area contributed by atoms with Gasteiger partial charge in [-0.15, -0.1) is 0 Å². The molecule has 0 aromatic rings. The molecule has 1 heteroatoms. The second-order valence-corrected chi connectivity index (χ2v) is 3.58. The van der Waals surface area contributed by atoms with Crippen LogP contribution in [0.5, 0.6) is 0 Å². The van der Waals surface area contributed by atoms with E-state index >= 15 is 0 Å². The third-order valence-corrected chi connectivity index (χ3v) is 2.34. The van der Waals surface area contributed by atoms with Crippen molar-refractivity contribution in [1.29, 1.82) is 0 Å². The van der Waals surface area contributed by atoms with E-state index in [0.29, 0.717) is 0 Å². The Bertz CT molecular complexity index is 84.7. The molecule has 60 valence electrons. The second kappa shape index (κ2) is 3.97. The second-order valence-electron chi connectivity index (χ2n) is 3.58. The Morgan fingerprint density at radius 3 is 2.60 bits per heavy atom. The van der Waals surface area contributed by atoms with E-state index in [2.05, 4.69) is 19.2 Å². The van der Waals surface area contributed by atoms with Gasteiger partial charge in [0.15, 0.2) is 0 Å². The third kappa shape index (κ3) is 2.30. The molecule has 0 amide bonds. The van der Waals surface area contributed by atoms with Gasteiger partial charge in [-0.3, -0.25) is 0 Å². The summed E-state index contributed by atoms with van der Waals surface area (Å²) < 4.78 is 0. The van der Waals surface area contributed by atoms with Crippen LogP contribution in [0.4, 0.5) is 0 Å². The summed E-state index contributed by atoms with van der Waals surface area (Å²) in [5, 5.41) is 3.55. The van der Waals surface area contributed by atoms with E-state index < -0.39 is 0 Å². The summed E-state index contributed by atoms with van der Waals surface area (Å²) >= 11 is 0. The molecule has 0 atom stereocenters. The fraction of sp³-hybridized carbons (Fsp3) is 1.00. The van der Waals surface area contributed by atoms with Crippen LogP contribution in [0.25, 0.3) is 0 Å². The average molecular weight is 141 g/mol. The minimum Gasteiger partial charge on any atom is -0.314 e. The first kappa shape index (κ1) is 8.06. The molecule has 10 heavy (non-hydrogen) atoms. The molecule has 1 aliphatic rings. The van der Waals surface area contributed by atoms with E-state index in [4.69, 9.17) is 0 Å². The van der Waals surface area contributed by atoms with E-state index in [1.807, 2.05) is 0 Å². The molecule has 0 aromatic carbocycles. The monoisotopic (exact) mass is 141 g/mol. The fourth-order valence-corrected chi connectivity index (χ4v) is 1.55. The van der Waals surface area contributed by atoms with E-state index in [0.717, 1.165) is 12.0 Å². The number of nitrogens with one attached hydrogen (secondary N) is 1. The minimum atomic E-state index is 0.863. The maximum absolute atomic E-state index is 3.55. The summed E-state index contributed by atoms with van der Waals surface area (Å²) in [5.74, 6) is 0.985. The molecule has 0 spiro atoms. The molecule has 1 rings (SSSR count). The van der Waals surface area contributed by atoms with Gasteiger partial charge in [0.05, 0.1) is 0 Å². The summed E-state index contributed by atoms with van der Waals surface area (Å²) in [5.41, 5.74) is 0. The first-order chi connectivity index (χ1) is 4.83. The highest BCUT2D eigenvalue weighted by atomic mass is 14.9. The first-order valence-electron chi connectivity index (χ1n) is 4.56. The van der Waals surface area contributed by atoms with Gasteiger partial charge >= 0.3 is 0 Å². The number of hydrogen-bond acceptors (Lipinski definition) is 1. The highest BCUT2D eigenvalue weighted by Crippen LogP contribution is 2.25. The molecule has 0 radical (unpaired) electrons. The smallest absolute Gasteiger partial charge is 0.00721 e. The molecule has 1 saturated carbocycles. The molecule has 0 saturated heterocycles. The maximum atomic E-state index is 3.55. The van der Waals surface area contributed by atoms with Gasteiger partial charge in [-0.05, 0) is 31.7 Å². The quantitative estimate of drug-likeness (QED) is 0.592. The van der Waals surface area contributed by atoms with Gasteiger partial charge in [-0.25, -0.2) is 0 Å². The summed E-state index contributed by atoms with van der Waals surface area (Å²) in [6.07, 6.45) is 5.47.